The van der Waals surface area contributed by atoms with Gasteiger partial charge in [-0.05, 0) is 57.3 Å². The van der Waals surface area contributed by atoms with Gasteiger partial charge in [0.2, 0.25) is 0 Å². The smallest absolute Gasteiger partial charge is 0.303 e. The van der Waals surface area contributed by atoms with E-state index >= 15 is 0 Å². The zero-order chi connectivity index (χ0) is 20.1. The van der Waals surface area contributed by atoms with Gasteiger partial charge in [-0.1, -0.05) is 26.0 Å². The van der Waals surface area contributed by atoms with Gasteiger partial charge in [-0.15, -0.1) is 0 Å². The third kappa shape index (κ3) is 3.83. The van der Waals surface area contributed by atoms with Crippen LogP contribution in [0.2, 0.25) is 0 Å². The number of hydrogen-bond acceptors (Lipinski definition) is 5. The van der Waals surface area contributed by atoms with Crippen molar-refractivity contribution in [3.63, 3.8) is 0 Å². The normalized spacial score (nSPS) is 47.8. The SMILES string of the molecule is C=C1CCC(C(C)C)C2C1C1CC(C)(O)C(OC(C)=O)CCC(C)(O)C2O1. The Morgan fingerprint density at radius 1 is 1.26 bits per heavy atom. The first kappa shape index (κ1) is 20.8. The molecule has 8 atom stereocenters. The minimum atomic E-state index is -1.21. The van der Waals surface area contributed by atoms with Crippen molar-refractivity contribution in [3.8, 4) is 0 Å². The Balaban J connectivity index is 2.00. The average Bonchev–Trinajstić information content (AvgIpc) is 2.91. The predicted molar refractivity (Wildman–Crippen MR) is 103 cm³/mol. The molecule has 2 bridgehead atoms. The fraction of sp³-hybridized carbons (Fsp3) is 0.864. The molecule has 0 aromatic carbocycles. The fourth-order valence-electron chi connectivity index (χ4n) is 5.85. The summed E-state index contributed by atoms with van der Waals surface area (Å²) in [7, 11) is 0. The summed E-state index contributed by atoms with van der Waals surface area (Å²) in [5, 5.41) is 22.5. The highest BCUT2D eigenvalue weighted by Crippen LogP contribution is 2.55. The van der Waals surface area contributed by atoms with Crippen molar-refractivity contribution in [3.05, 3.63) is 12.2 Å². The van der Waals surface area contributed by atoms with Gasteiger partial charge >= 0.3 is 5.97 Å². The molecule has 8 unspecified atom stereocenters. The van der Waals surface area contributed by atoms with Crippen molar-refractivity contribution in [1.29, 1.82) is 0 Å². The Morgan fingerprint density at radius 3 is 2.52 bits per heavy atom. The van der Waals surface area contributed by atoms with E-state index in [9.17, 15) is 15.0 Å². The maximum atomic E-state index is 11.6. The van der Waals surface area contributed by atoms with Crippen LogP contribution in [0.3, 0.4) is 0 Å². The third-order valence-electron chi connectivity index (χ3n) is 7.25. The number of aliphatic hydroxyl groups is 2. The van der Waals surface area contributed by atoms with Crippen LogP contribution >= 0.6 is 0 Å². The molecule has 5 heteroatoms. The van der Waals surface area contributed by atoms with Gasteiger partial charge in [-0.3, -0.25) is 4.79 Å². The van der Waals surface area contributed by atoms with Crippen molar-refractivity contribution in [2.75, 3.05) is 0 Å². The molecule has 27 heavy (non-hydrogen) atoms. The second-order valence-corrected chi connectivity index (χ2v) is 9.86. The maximum Gasteiger partial charge on any atom is 0.303 e. The number of hydrogen-bond donors (Lipinski definition) is 2. The molecule has 0 radical (unpaired) electrons. The van der Waals surface area contributed by atoms with Crippen molar-refractivity contribution < 1.29 is 24.5 Å². The van der Waals surface area contributed by atoms with Crippen LogP contribution in [-0.2, 0) is 14.3 Å². The van der Waals surface area contributed by atoms with Crippen molar-refractivity contribution in [2.45, 2.75) is 96.2 Å². The molecule has 2 N–H and O–H groups in total. The van der Waals surface area contributed by atoms with E-state index in [1.165, 1.54) is 12.5 Å². The van der Waals surface area contributed by atoms with Crippen LogP contribution in [0.5, 0.6) is 0 Å². The van der Waals surface area contributed by atoms with E-state index in [1.807, 2.05) is 6.92 Å². The molecule has 2 saturated heterocycles. The summed E-state index contributed by atoms with van der Waals surface area (Å²) >= 11 is 0. The van der Waals surface area contributed by atoms with Crippen LogP contribution in [0.1, 0.15) is 66.7 Å². The van der Waals surface area contributed by atoms with Crippen LogP contribution in [0, 0.1) is 23.7 Å². The molecule has 154 valence electrons. The van der Waals surface area contributed by atoms with E-state index in [4.69, 9.17) is 9.47 Å². The number of ether oxygens (including phenoxy) is 2. The molecular weight excluding hydrogens is 344 g/mol. The van der Waals surface area contributed by atoms with Crippen LogP contribution in [0.25, 0.3) is 0 Å². The summed E-state index contributed by atoms with van der Waals surface area (Å²) in [4.78, 5) is 11.6. The second-order valence-electron chi connectivity index (χ2n) is 9.86. The number of fused-ring (bicyclic) bond motifs is 5. The molecule has 1 aliphatic carbocycles. The Bertz CT molecular complexity index is 594. The Hall–Kier alpha value is -0.910. The topological polar surface area (TPSA) is 76.0 Å². The molecule has 5 nitrogen and oxygen atoms in total. The van der Waals surface area contributed by atoms with E-state index in [-0.39, 0.29) is 24.0 Å². The monoisotopic (exact) mass is 380 g/mol. The lowest BCUT2D eigenvalue weighted by Crippen LogP contribution is -2.50. The molecule has 0 aromatic rings. The van der Waals surface area contributed by atoms with Gasteiger partial charge in [-0.25, -0.2) is 0 Å². The molecular formula is C22H36O5. The highest BCUT2D eigenvalue weighted by Gasteiger charge is 2.59. The van der Waals surface area contributed by atoms with Gasteiger partial charge in [0.1, 0.15) is 11.7 Å². The van der Waals surface area contributed by atoms with E-state index in [1.54, 1.807) is 6.92 Å². The molecule has 3 fully saturated rings. The fourth-order valence-corrected chi connectivity index (χ4v) is 5.85. The first-order chi connectivity index (χ1) is 12.4. The van der Waals surface area contributed by atoms with Gasteiger partial charge in [0, 0.05) is 19.3 Å². The zero-order valence-corrected chi connectivity index (χ0v) is 17.4. The van der Waals surface area contributed by atoms with Crippen LogP contribution in [0.15, 0.2) is 12.2 Å². The largest absolute Gasteiger partial charge is 0.460 e. The lowest BCUT2D eigenvalue weighted by atomic mass is 9.60. The summed E-state index contributed by atoms with van der Waals surface area (Å²) in [5.41, 5.74) is -1.08. The number of carbonyl (C=O) groups is 1. The number of carbonyl (C=O) groups excluding carboxylic acids is 1. The summed E-state index contributed by atoms with van der Waals surface area (Å²) in [6.45, 7) is 13.7. The molecule has 1 saturated carbocycles. The highest BCUT2D eigenvalue weighted by molar-refractivity contribution is 5.66. The minimum Gasteiger partial charge on any atom is -0.460 e. The predicted octanol–water partition coefficient (Wildman–Crippen LogP) is 3.23. The number of esters is 1. The number of rotatable bonds is 2. The highest BCUT2D eigenvalue weighted by atomic mass is 16.6. The van der Waals surface area contributed by atoms with Crippen molar-refractivity contribution >= 4 is 5.97 Å². The van der Waals surface area contributed by atoms with Crippen molar-refractivity contribution in [1.82, 2.24) is 0 Å². The first-order valence-corrected chi connectivity index (χ1v) is 10.4. The summed E-state index contributed by atoms with van der Waals surface area (Å²) < 4.78 is 11.9. The van der Waals surface area contributed by atoms with E-state index in [2.05, 4.69) is 20.4 Å². The summed E-state index contributed by atoms with van der Waals surface area (Å²) in [6.07, 6.45) is 2.09. The molecule has 0 aromatic heterocycles. The van der Waals surface area contributed by atoms with Gasteiger partial charge < -0.3 is 19.7 Å². The van der Waals surface area contributed by atoms with E-state index in [0.717, 1.165) is 12.8 Å². The minimum absolute atomic E-state index is 0.130. The third-order valence-corrected chi connectivity index (χ3v) is 7.25. The van der Waals surface area contributed by atoms with Gasteiger partial charge in [0.25, 0.3) is 0 Å². The summed E-state index contributed by atoms with van der Waals surface area (Å²) in [5.74, 6) is 0.904. The first-order valence-electron chi connectivity index (χ1n) is 10.4. The van der Waals surface area contributed by atoms with Gasteiger partial charge in [0.15, 0.2) is 0 Å². The Morgan fingerprint density at radius 2 is 1.93 bits per heavy atom. The average molecular weight is 381 g/mol. The molecule has 2 aliphatic heterocycles. The van der Waals surface area contributed by atoms with Gasteiger partial charge in [-0.2, -0.15) is 0 Å². The molecule has 3 aliphatic rings. The quantitative estimate of drug-likeness (QED) is 0.568. The molecule has 0 spiro atoms. The van der Waals surface area contributed by atoms with Crippen LogP contribution < -0.4 is 0 Å². The molecule has 0 amide bonds. The van der Waals surface area contributed by atoms with Crippen LogP contribution in [0.4, 0.5) is 0 Å². The lowest BCUT2D eigenvalue weighted by molar-refractivity contribution is -0.165. The van der Waals surface area contributed by atoms with E-state index < -0.39 is 23.3 Å². The van der Waals surface area contributed by atoms with Crippen LogP contribution in [-0.4, -0.2) is 45.7 Å². The molecule has 2 heterocycles. The van der Waals surface area contributed by atoms with E-state index in [0.29, 0.717) is 31.1 Å². The standard InChI is InChI=1S/C22H36O5/c1-12(2)15-8-7-13(3)18-16-11-22(6,25)17(26-14(4)23)9-10-21(5,24)20(27-16)19(15)18/h12,15-20,24-25H,3,7-11H2,1-2,4-6H3. The lowest BCUT2D eigenvalue weighted by Gasteiger charge is -2.45. The maximum absolute atomic E-state index is 11.6. The van der Waals surface area contributed by atoms with Gasteiger partial charge in [0.05, 0.1) is 17.8 Å². The molecule has 3 rings (SSSR count). The Labute approximate surface area is 163 Å². The van der Waals surface area contributed by atoms with Crippen molar-refractivity contribution in [2.24, 2.45) is 23.7 Å². The summed E-state index contributed by atoms with van der Waals surface area (Å²) in [6, 6.07) is 0. The second kappa shape index (κ2) is 7.16. The Kier molecular flexibility index (Phi) is 5.52. The zero-order valence-electron chi connectivity index (χ0n) is 17.4.